The first-order valence-electron chi connectivity index (χ1n) is 10.8. The maximum Gasteiger partial charge on any atom is 0.271 e. The van der Waals surface area contributed by atoms with Crippen LogP contribution in [0.4, 0.5) is 0 Å². The van der Waals surface area contributed by atoms with Crippen LogP contribution >= 0.6 is 34.3 Å². The second-order valence-corrected chi connectivity index (χ2v) is 10.6. The summed E-state index contributed by atoms with van der Waals surface area (Å²) in [6.45, 7) is 0. The van der Waals surface area contributed by atoms with Gasteiger partial charge in [-0.2, -0.15) is 0 Å². The van der Waals surface area contributed by atoms with Crippen molar-refractivity contribution in [2.24, 2.45) is 4.99 Å². The van der Waals surface area contributed by atoms with E-state index in [9.17, 15) is 9.90 Å². The molecule has 2 aromatic carbocycles. The second-order valence-electron chi connectivity index (χ2n) is 8.18. The van der Waals surface area contributed by atoms with Gasteiger partial charge < -0.3 is 9.84 Å². The van der Waals surface area contributed by atoms with Crippen molar-refractivity contribution >= 4 is 46.0 Å². The number of thiophene rings is 1. The summed E-state index contributed by atoms with van der Waals surface area (Å²) in [5.41, 5.74) is 5.21. The second kappa shape index (κ2) is 8.27. The van der Waals surface area contributed by atoms with Gasteiger partial charge in [0.15, 0.2) is 16.3 Å². The van der Waals surface area contributed by atoms with Crippen LogP contribution < -0.4 is 19.6 Å². The molecule has 2 aliphatic rings. The lowest BCUT2D eigenvalue weighted by Gasteiger charge is -2.30. The van der Waals surface area contributed by atoms with Crippen molar-refractivity contribution in [3.05, 3.63) is 106 Å². The molecule has 1 atom stereocenters. The summed E-state index contributed by atoms with van der Waals surface area (Å²) in [6.07, 6.45) is 3.58. The van der Waals surface area contributed by atoms with E-state index in [-0.39, 0.29) is 28.1 Å². The number of phenolic OH excluding ortho intramolecular Hbond substituents is 1. The van der Waals surface area contributed by atoms with Crippen molar-refractivity contribution in [2.75, 3.05) is 7.11 Å². The van der Waals surface area contributed by atoms with Crippen LogP contribution in [0.2, 0.25) is 5.02 Å². The molecule has 0 saturated heterocycles. The Morgan fingerprint density at radius 3 is 2.85 bits per heavy atom. The zero-order chi connectivity index (χ0) is 23.4. The summed E-state index contributed by atoms with van der Waals surface area (Å²) in [4.78, 5) is 20.5. The molecule has 1 aliphatic heterocycles. The third kappa shape index (κ3) is 3.35. The van der Waals surface area contributed by atoms with Crippen LogP contribution in [0.1, 0.15) is 34.0 Å². The van der Waals surface area contributed by atoms with Crippen molar-refractivity contribution < 1.29 is 9.84 Å². The van der Waals surface area contributed by atoms with Gasteiger partial charge >= 0.3 is 0 Å². The topological polar surface area (TPSA) is 63.8 Å². The number of phenols is 1. The molecule has 0 fully saturated rings. The van der Waals surface area contributed by atoms with E-state index >= 15 is 0 Å². The Balaban J connectivity index is 1.60. The van der Waals surface area contributed by atoms with Gasteiger partial charge in [-0.3, -0.25) is 9.36 Å². The van der Waals surface area contributed by atoms with Crippen molar-refractivity contribution in [2.45, 2.75) is 18.9 Å². The molecule has 0 radical (unpaired) electrons. The highest BCUT2D eigenvalue weighted by molar-refractivity contribution is 7.10. The van der Waals surface area contributed by atoms with Gasteiger partial charge in [-0.25, -0.2) is 4.99 Å². The van der Waals surface area contributed by atoms with Gasteiger partial charge in [-0.1, -0.05) is 53.3 Å². The third-order valence-corrected chi connectivity index (χ3v) is 8.45. The number of nitrogens with zero attached hydrogens (tertiary/aromatic N) is 2. The molecule has 2 aromatic heterocycles. The highest BCUT2D eigenvalue weighted by atomic mass is 35.5. The van der Waals surface area contributed by atoms with Crippen molar-refractivity contribution in [1.82, 2.24) is 4.57 Å². The Hall–Kier alpha value is -3.13. The molecule has 0 amide bonds. The summed E-state index contributed by atoms with van der Waals surface area (Å²) >= 11 is 9.19. The lowest BCUT2D eigenvalue weighted by atomic mass is 9.85. The number of fused-ring (bicyclic) bond motifs is 3. The van der Waals surface area contributed by atoms with Crippen molar-refractivity contribution in [3.8, 4) is 11.5 Å². The normalized spacial score (nSPS) is 17.1. The summed E-state index contributed by atoms with van der Waals surface area (Å²) in [5.74, 6) is 0.141. The lowest BCUT2D eigenvalue weighted by molar-refractivity contribution is 0.373. The largest absolute Gasteiger partial charge is 0.503 e. The number of hydrogen-bond acceptors (Lipinski definition) is 6. The predicted octanol–water partition coefficient (Wildman–Crippen LogP) is 4.75. The van der Waals surface area contributed by atoms with Crippen LogP contribution in [0.25, 0.3) is 11.8 Å². The number of halogens is 1. The quantitative estimate of drug-likeness (QED) is 0.436. The summed E-state index contributed by atoms with van der Waals surface area (Å²) in [5, 5.41) is 12.3. The number of ether oxygens (including phenoxy) is 1. The van der Waals surface area contributed by atoms with Gasteiger partial charge in [0.1, 0.15) is 0 Å². The number of aromatic nitrogens is 1. The number of aryl methyl sites for hydroxylation is 1. The minimum atomic E-state index is -0.167. The van der Waals surface area contributed by atoms with Crippen LogP contribution in [-0.2, 0) is 6.42 Å². The van der Waals surface area contributed by atoms with Gasteiger partial charge in [0.25, 0.3) is 5.56 Å². The molecule has 34 heavy (non-hydrogen) atoms. The molecule has 3 heterocycles. The fourth-order valence-electron chi connectivity index (χ4n) is 4.70. The first-order chi connectivity index (χ1) is 16.5. The minimum absolute atomic E-state index is 0.0873. The average molecular weight is 507 g/mol. The number of benzene rings is 2. The molecule has 5 nitrogen and oxygen atoms in total. The molecule has 1 aliphatic carbocycles. The molecule has 0 spiro atoms. The predicted molar refractivity (Wildman–Crippen MR) is 137 cm³/mol. The molecular formula is C26H19ClN2O3S2. The summed E-state index contributed by atoms with van der Waals surface area (Å²) in [7, 11) is 1.46. The first-order valence-corrected chi connectivity index (χ1v) is 12.9. The fourth-order valence-corrected chi connectivity index (χ4v) is 6.77. The van der Waals surface area contributed by atoms with E-state index in [1.54, 1.807) is 29.5 Å². The van der Waals surface area contributed by atoms with Crippen molar-refractivity contribution in [1.29, 1.82) is 0 Å². The van der Waals surface area contributed by atoms with E-state index in [4.69, 9.17) is 21.3 Å². The van der Waals surface area contributed by atoms with Crippen LogP contribution in [0.3, 0.4) is 0 Å². The Morgan fingerprint density at radius 1 is 1.21 bits per heavy atom. The van der Waals surface area contributed by atoms with E-state index < -0.39 is 0 Å². The maximum absolute atomic E-state index is 13.7. The summed E-state index contributed by atoms with van der Waals surface area (Å²) in [6, 6.07) is 15.6. The van der Waals surface area contributed by atoms with Crippen LogP contribution in [-0.4, -0.2) is 16.8 Å². The standard InChI is InChI=1S/C26H19ClN2O3S2/c1-32-19-12-14(11-18(27)24(19)30)13-21-25(31)29-23(20-7-4-10-33-20)17-9-8-15-5-2-3-6-16(15)22(17)28-26(29)34-21/h2-7,10-13,23,30H,8-9H2,1H3/b21-13+/t23-/m1/s1. The van der Waals surface area contributed by atoms with Crippen LogP contribution in [0.15, 0.2) is 69.3 Å². The van der Waals surface area contributed by atoms with Gasteiger partial charge in [-0.05, 0) is 59.2 Å². The molecular weight excluding hydrogens is 488 g/mol. The van der Waals surface area contributed by atoms with E-state index in [0.29, 0.717) is 14.9 Å². The SMILES string of the molecule is COc1cc(/C=c2/sc3n(c2=O)[C@@H](c2cccs2)C2=C(N=3)c3ccccc3CC2)cc(Cl)c1O. The third-order valence-electron chi connectivity index (χ3n) is 6.25. The van der Waals surface area contributed by atoms with Crippen LogP contribution in [0, 0.1) is 0 Å². The molecule has 0 unspecified atom stereocenters. The molecule has 6 rings (SSSR count). The zero-order valence-corrected chi connectivity index (χ0v) is 20.5. The smallest absolute Gasteiger partial charge is 0.271 e. The lowest BCUT2D eigenvalue weighted by Crippen LogP contribution is -2.38. The Morgan fingerprint density at radius 2 is 2.06 bits per heavy atom. The monoisotopic (exact) mass is 506 g/mol. The number of hydrogen-bond donors (Lipinski definition) is 1. The molecule has 170 valence electrons. The van der Waals surface area contributed by atoms with Crippen LogP contribution in [0.5, 0.6) is 11.5 Å². The number of allylic oxidation sites excluding steroid dienone is 1. The summed E-state index contributed by atoms with van der Waals surface area (Å²) < 4.78 is 7.60. The van der Waals surface area contributed by atoms with Gasteiger partial charge in [-0.15, -0.1) is 11.3 Å². The molecule has 8 heteroatoms. The number of rotatable bonds is 3. The highest BCUT2D eigenvalue weighted by Crippen LogP contribution is 2.42. The first kappa shape index (κ1) is 21.4. The number of thiazole rings is 1. The van der Waals surface area contributed by atoms with E-state index in [0.717, 1.165) is 29.0 Å². The van der Waals surface area contributed by atoms with Gasteiger partial charge in [0.05, 0.1) is 28.4 Å². The maximum atomic E-state index is 13.7. The van der Waals surface area contributed by atoms with Gasteiger partial charge in [0, 0.05) is 10.4 Å². The Bertz CT molecular complexity index is 1650. The van der Waals surface area contributed by atoms with Gasteiger partial charge in [0.2, 0.25) is 0 Å². The Labute approximate surface area is 208 Å². The molecule has 4 aromatic rings. The number of aromatic hydroxyl groups is 1. The minimum Gasteiger partial charge on any atom is -0.503 e. The zero-order valence-electron chi connectivity index (χ0n) is 18.1. The molecule has 0 bridgehead atoms. The molecule has 1 N–H and O–H groups in total. The highest BCUT2D eigenvalue weighted by Gasteiger charge is 2.33. The number of methoxy groups -OCH3 is 1. The average Bonchev–Trinajstić information content (AvgIpc) is 3.48. The van der Waals surface area contributed by atoms with E-state index in [1.165, 1.54) is 29.6 Å². The van der Waals surface area contributed by atoms with E-state index in [2.05, 4.69) is 24.3 Å². The fraction of sp³-hybridized carbons (Fsp3) is 0.154. The Kier molecular flexibility index (Phi) is 5.21. The van der Waals surface area contributed by atoms with Crippen molar-refractivity contribution in [3.63, 3.8) is 0 Å². The van der Waals surface area contributed by atoms with E-state index in [1.807, 2.05) is 22.1 Å². The molecule has 0 saturated carbocycles.